The van der Waals surface area contributed by atoms with E-state index in [2.05, 4.69) is 34.9 Å². The van der Waals surface area contributed by atoms with E-state index in [9.17, 15) is 4.79 Å². The molecule has 2 aromatic rings. The molecule has 0 spiro atoms. The molecule has 3 rings (SSSR count). The van der Waals surface area contributed by atoms with Crippen molar-refractivity contribution in [3.8, 4) is 0 Å². The minimum Gasteiger partial charge on any atom is -0.340 e. The molecular formula is C19H26N4OS. The Bertz CT molecular complexity index is 709. The molecule has 1 amide bonds. The van der Waals surface area contributed by atoms with E-state index in [-0.39, 0.29) is 5.91 Å². The average Bonchev–Trinajstić information content (AvgIpc) is 3.10. The Balaban J connectivity index is 1.62. The highest BCUT2D eigenvalue weighted by Crippen LogP contribution is 2.23. The highest BCUT2D eigenvalue weighted by atomic mass is 32.2. The standard InChI is InChI=1S/C19H26N4OS/c1-22(13-15-5-3-7-17(11-15)25-2)19(24)14-23-18(8-10-21-23)16-6-4-9-20-12-16/h3,5,7-8,10-11,16,20H,4,6,9,12-14H2,1-2H3/t16-/m1/s1. The summed E-state index contributed by atoms with van der Waals surface area (Å²) in [5.41, 5.74) is 2.32. The number of nitrogens with zero attached hydrogens (tertiary/aromatic N) is 3. The summed E-state index contributed by atoms with van der Waals surface area (Å²) in [6.45, 7) is 2.98. The van der Waals surface area contributed by atoms with Crippen LogP contribution in [0.25, 0.3) is 0 Å². The maximum Gasteiger partial charge on any atom is 0.244 e. The molecule has 1 atom stereocenters. The third kappa shape index (κ3) is 4.64. The minimum atomic E-state index is 0.0864. The van der Waals surface area contributed by atoms with E-state index in [1.165, 1.54) is 17.0 Å². The first-order valence-corrected chi connectivity index (χ1v) is 9.99. The van der Waals surface area contributed by atoms with E-state index in [0.717, 1.165) is 25.1 Å². The van der Waals surface area contributed by atoms with Crippen LogP contribution in [0.4, 0.5) is 0 Å². The van der Waals surface area contributed by atoms with Gasteiger partial charge in [0.25, 0.3) is 0 Å². The topological polar surface area (TPSA) is 50.2 Å². The molecule has 25 heavy (non-hydrogen) atoms. The van der Waals surface area contributed by atoms with Crippen molar-refractivity contribution >= 4 is 17.7 Å². The molecule has 0 aliphatic carbocycles. The van der Waals surface area contributed by atoms with Gasteiger partial charge in [-0.25, -0.2) is 0 Å². The molecule has 1 saturated heterocycles. The van der Waals surface area contributed by atoms with Crippen LogP contribution in [0.15, 0.2) is 41.4 Å². The summed E-state index contributed by atoms with van der Waals surface area (Å²) in [7, 11) is 1.86. The highest BCUT2D eigenvalue weighted by molar-refractivity contribution is 7.98. The zero-order chi connectivity index (χ0) is 17.6. The van der Waals surface area contributed by atoms with Crippen LogP contribution in [-0.4, -0.2) is 47.0 Å². The lowest BCUT2D eigenvalue weighted by molar-refractivity contribution is -0.131. The first-order valence-electron chi connectivity index (χ1n) is 8.76. The summed E-state index contributed by atoms with van der Waals surface area (Å²) < 4.78 is 1.87. The summed E-state index contributed by atoms with van der Waals surface area (Å²) in [5, 5.41) is 7.82. The lowest BCUT2D eigenvalue weighted by Crippen LogP contribution is -2.33. The van der Waals surface area contributed by atoms with E-state index < -0.39 is 0 Å². The fraction of sp³-hybridized carbons (Fsp3) is 0.474. The maximum absolute atomic E-state index is 12.6. The third-order valence-electron chi connectivity index (χ3n) is 4.73. The van der Waals surface area contributed by atoms with Crippen LogP contribution in [-0.2, 0) is 17.9 Å². The van der Waals surface area contributed by atoms with Crippen LogP contribution >= 0.6 is 11.8 Å². The molecule has 1 aliphatic heterocycles. The number of hydrogen-bond donors (Lipinski definition) is 1. The summed E-state index contributed by atoms with van der Waals surface area (Å²) in [4.78, 5) is 15.7. The predicted octanol–water partition coefficient (Wildman–Crippen LogP) is 2.73. The summed E-state index contributed by atoms with van der Waals surface area (Å²) in [6.07, 6.45) is 6.20. The van der Waals surface area contributed by atoms with E-state index >= 15 is 0 Å². The number of carbonyl (C=O) groups excluding carboxylic acids is 1. The summed E-state index contributed by atoms with van der Waals surface area (Å²) in [6, 6.07) is 10.4. The van der Waals surface area contributed by atoms with Crippen molar-refractivity contribution in [1.29, 1.82) is 0 Å². The van der Waals surface area contributed by atoms with Gasteiger partial charge >= 0.3 is 0 Å². The van der Waals surface area contributed by atoms with Crippen LogP contribution in [0.3, 0.4) is 0 Å². The van der Waals surface area contributed by atoms with Gasteiger partial charge in [0, 0.05) is 42.8 Å². The Kier molecular flexibility index (Phi) is 6.15. The van der Waals surface area contributed by atoms with Crippen LogP contribution in [0.2, 0.25) is 0 Å². The van der Waals surface area contributed by atoms with Gasteiger partial charge in [0.1, 0.15) is 6.54 Å². The average molecular weight is 359 g/mol. The van der Waals surface area contributed by atoms with Gasteiger partial charge in [-0.2, -0.15) is 5.10 Å². The molecule has 5 nitrogen and oxygen atoms in total. The normalized spacial score (nSPS) is 17.4. The van der Waals surface area contributed by atoms with E-state index in [0.29, 0.717) is 19.0 Å². The van der Waals surface area contributed by atoms with Gasteiger partial charge in [0.05, 0.1) is 0 Å². The van der Waals surface area contributed by atoms with Gasteiger partial charge < -0.3 is 10.2 Å². The number of nitrogens with one attached hydrogen (secondary N) is 1. The van der Waals surface area contributed by atoms with Crippen LogP contribution in [0, 0.1) is 0 Å². The SMILES string of the molecule is CSc1cccc(CN(C)C(=O)Cn2nccc2[C@@H]2CCCNC2)c1. The fourth-order valence-corrected chi connectivity index (χ4v) is 3.79. The number of amides is 1. The van der Waals surface area contributed by atoms with Gasteiger partial charge in [-0.3, -0.25) is 9.48 Å². The van der Waals surface area contributed by atoms with Crippen LogP contribution in [0.1, 0.15) is 30.0 Å². The first kappa shape index (κ1) is 18.0. The largest absolute Gasteiger partial charge is 0.340 e. The van der Waals surface area contributed by atoms with Gasteiger partial charge in [-0.05, 0) is 49.4 Å². The maximum atomic E-state index is 12.6. The fourth-order valence-electron chi connectivity index (χ4n) is 3.31. The van der Waals surface area contributed by atoms with E-state index in [1.807, 2.05) is 23.9 Å². The van der Waals surface area contributed by atoms with Crippen molar-refractivity contribution in [2.24, 2.45) is 0 Å². The van der Waals surface area contributed by atoms with Crippen molar-refractivity contribution in [3.05, 3.63) is 47.8 Å². The van der Waals surface area contributed by atoms with Crippen molar-refractivity contribution < 1.29 is 4.79 Å². The smallest absolute Gasteiger partial charge is 0.244 e. The second-order valence-electron chi connectivity index (χ2n) is 6.56. The Morgan fingerprint density at radius 2 is 2.32 bits per heavy atom. The molecule has 0 radical (unpaired) electrons. The molecule has 0 bridgehead atoms. The Morgan fingerprint density at radius 3 is 3.08 bits per heavy atom. The number of thioether (sulfide) groups is 1. The number of rotatable bonds is 6. The molecule has 1 fully saturated rings. The number of benzene rings is 1. The Hall–Kier alpha value is -1.79. The number of piperidine rings is 1. The molecule has 1 aromatic heterocycles. The molecule has 6 heteroatoms. The molecule has 0 saturated carbocycles. The quantitative estimate of drug-likeness (QED) is 0.807. The van der Waals surface area contributed by atoms with E-state index in [4.69, 9.17) is 0 Å². The van der Waals surface area contributed by atoms with Gasteiger partial charge in [-0.15, -0.1) is 11.8 Å². The second kappa shape index (κ2) is 8.54. The zero-order valence-corrected chi connectivity index (χ0v) is 15.8. The minimum absolute atomic E-state index is 0.0864. The molecule has 0 unspecified atom stereocenters. The molecule has 134 valence electrons. The summed E-state index contributed by atoms with van der Waals surface area (Å²) >= 11 is 1.72. The lowest BCUT2D eigenvalue weighted by Gasteiger charge is -2.24. The van der Waals surface area contributed by atoms with Gasteiger partial charge in [0.15, 0.2) is 0 Å². The molecule has 1 aromatic carbocycles. The lowest BCUT2D eigenvalue weighted by atomic mass is 9.96. The predicted molar refractivity (Wildman–Crippen MR) is 102 cm³/mol. The zero-order valence-electron chi connectivity index (χ0n) is 14.9. The van der Waals surface area contributed by atoms with Crippen molar-refractivity contribution in [2.75, 3.05) is 26.4 Å². The Labute approximate surface area is 153 Å². The number of hydrogen-bond acceptors (Lipinski definition) is 4. The van der Waals surface area contributed by atoms with Crippen LogP contribution < -0.4 is 5.32 Å². The Morgan fingerprint density at radius 1 is 1.44 bits per heavy atom. The van der Waals surface area contributed by atoms with E-state index in [1.54, 1.807) is 22.9 Å². The monoisotopic (exact) mass is 358 g/mol. The molecule has 2 heterocycles. The van der Waals surface area contributed by atoms with Crippen molar-refractivity contribution in [2.45, 2.75) is 36.7 Å². The number of aromatic nitrogens is 2. The van der Waals surface area contributed by atoms with Crippen molar-refractivity contribution in [3.63, 3.8) is 0 Å². The number of likely N-dealkylation sites (N-methyl/N-ethyl adjacent to an activating group) is 1. The first-order chi connectivity index (χ1) is 12.2. The number of carbonyl (C=O) groups is 1. The molecule has 1 aliphatic rings. The second-order valence-corrected chi connectivity index (χ2v) is 7.44. The molecule has 1 N–H and O–H groups in total. The third-order valence-corrected chi connectivity index (χ3v) is 5.45. The van der Waals surface area contributed by atoms with Gasteiger partial charge in [0.2, 0.25) is 5.91 Å². The molecular weight excluding hydrogens is 332 g/mol. The van der Waals surface area contributed by atoms with Gasteiger partial charge in [-0.1, -0.05) is 12.1 Å². The van der Waals surface area contributed by atoms with Crippen molar-refractivity contribution in [1.82, 2.24) is 20.0 Å². The summed E-state index contributed by atoms with van der Waals surface area (Å²) in [5.74, 6) is 0.538. The van der Waals surface area contributed by atoms with Crippen LogP contribution in [0.5, 0.6) is 0 Å². The highest BCUT2D eigenvalue weighted by Gasteiger charge is 2.20.